The molecule has 0 aliphatic carbocycles. The first-order chi connectivity index (χ1) is 7.33. The van der Waals surface area contributed by atoms with Crippen LogP contribution in [-0.2, 0) is 13.0 Å². The van der Waals surface area contributed by atoms with Gasteiger partial charge in [-0.05, 0) is 19.4 Å². The van der Waals surface area contributed by atoms with E-state index >= 15 is 0 Å². The highest BCUT2D eigenvalue weighted by Crippen LogP contribution is 2.19. The molecule has 2 rings (SSSR count). The van der Waals surface area contributed by atoms with Crippen molar-refractivity contribution in [1.29, 1.82) is 0 Å². The van der Waals surface area contributed by atoms with Gasteiger partial charge in [0.25, 0.3) is 0 Å². The maximum Gasteiger partial charge on any atom is 0.137 e. The van der Waals surface area contributed by atoms with Gasteiger partial charge in [0.15, 0.2) is 0 Å². The monoisotopic (exact) mass is 208 g/mol. The molecule has 0 spiro atoms. The van der Waals surface area contributed by atoms with Crippen LogP contribution in [0.2, 0.25) is 0 Å². The lowest BCUT2D eigenvalue weighted by atomic mass is 10.1. The Labute approximate surface area is 91.1 Å². The second-order valence-electron chi connectivity index (χ2n) is 4.29. The Bertz CT molecular complexity index is 318. The standard InChI is InChI=1S/C11H20N4/c1-3-12-8-9(2)11-14-13-10-6-4-5-7-15(10)11/h9,12H,3-8H2,1-2H3. The summed E-state index contributed by atoms with van der Waals surface area (Å²) < 4.78 is 2.31. The van der Waals surface area contributed by atoms with Gasteiger partial charge < -0.3 is 9.88 Å². The molecule has 84 valence electrons. The highest BCUT2D eigenvalue weighted by Gasteiger charge is 2.19. The maximum absolute atomic E-state index is 4.32. The predicted octanol–water partition coefficient (Wildman–Crippen LogP) is 1.33. The summed E-state index contributed by atoms with van der Waals surface area (Å²) in [5.41, 5.74) is 0. The van der Waals surface area contributed by atoms with Crippen LogP contribution < -0.4 is 5.32 Å². The second kappa shape index (κ2) is 4.75. The van der Waals surface area contributed by atoms with Crippen LogP contribution in [0, 0.1) is 0 Å². The van der Waals surface area contributed by atoms with Crippen LogP contribution in [0.5, 0.6) is 0 Å². The van der Waals surface area contributed by atoms with Crippen molar-refractivity contribution in [3.8, 4) is 0 Å². The van der Waals surface area contributed by atoms with E-state index in [2.05, 4.69) is 33.9 Å². The van der Waals surface area contributed by atoms with Crippen LogP contribution in [0.15, 0.2) is 0 Å². The number of likely N-dealkylation sites (N-methyl/N-ethyl adjacent to an activating group) is 1. The highest BCUT2D eigenvalue weighted by molar-refractivity contribution is 5.03. The number of rotatable bonds is 4. The molecule has 0 fully saturated rings. The summed E-state index contributed by atoms with van der Waals surface area (Å²) in [6.45, 7) is 7.47. The van der Waals surface area contributed by atoms with E-state index in [9.17, 15) is 0 Å². The zero-order valence-corrected chi connectivity index (χ0v) is 9.66. The third kappa shape index (κ3) is 2.20. The van der Waals surface area contributed by atoms with Crippen molar-refractivity contribution in [3.05, 3.63) is 11.6 Å². The number of aryl methyl sites for hydroxylation is 1. The Morgan fingerprint density at radius 1 is 1.40 bits per heavy atom. The van der Waals surface area contributed by atoms with Crippen molar-refractivity contribution in [1.82, 2.24) is 20.1 Å². The molecule has 0 amide bonds. The molecule has 0 saturated heterocycles. The van der Waals surface area contributed by atoms with Crippen molar-refractivity contribution in [2.24, 2.45) is 0 Å². The Kier molecular flexibility index (Phi) is 3.36. The molecule has 0 aromatic carbocycles. The van der Waals surface area contributed by atoms with Gasteiger partial charge in [-0.25, -0.2) is 0 Å². The van der Waals surface area contributed by atoms with E-state index in [1.807, 2.05) is 0 Å². The third-order valence-electron chi connectivity index (χ3n) is 3.03. The van der Waals surface area contributed by atoms with Crippen molar-refractivity contribution >= 4 is 0 Å². The van der Waals surface area contributed by atoms with Crippen LogP contribution in [0.1, 0.15) is 44.3 Å². The van der Waals surface area contributed by atoms with E-state index < -0.39 is 0 Å². The lowest BCUT2D eigenvalue weighted by Crippen LogP contribution is -2.23. The minimum atomic E-state index is 0.462. The molecule has 1 unspecified atom stereocenters. The lowest BCUT2D eigenvalue weighted by Gasteiger charge is -2.18. The summed E-state index contributed by atoms with van der Waals surface area (Å²) in [5.74, 6) is 2.80. The van der Waals surface area contributed by atoms with Crippen LogP contribution in [0.4, 0.5) is 0 Å². The molecule has 2 heterocycles. The number of nitrogens with one attached hydrogen (secondary N) is 1. The molecule has 4 nitrogen and oxygen atoms in total. The fourth-order valence-electron chi connectivity index (χ4n) is 2.15. The van der Waals surface area contributed by atoms with E-state index in [0.717, 1.165) is 31.9 Å². The van der Waals surface area contributed by atoms with E-state index in [4.69, 9.17) is 0 Å². The van der Waals surface area contributed by atoms with Crippen molar-refractivity contribution in [3.63, 3.8) is 0 Å². The zero-order valence-electron chi connectivity index (χ0n) is 9.66. The van der Waals surface area contributed by atoms with Gasteiger partial charge >= 0.3 is 0 Å². The minimum absolute atomic E-state index is 0.462. The van der Waals surface area contributed by atoms with E-state index in [1.54, 1.807) is 0 Å². The van der Waals surface area contributed by atoms with Crippen LogP contribution in [0.3, 0.4) is 0 Å². The van der Waals surface area contributed by atoms with Gasteiger partial charge in [-0.2, -0.15) is 0 Å². The maximum atomic E-state index is 4.32. The summed E-state index contributed by atoms with van der Waals surface area (Å²) in [7, 11) is 0. The van der Waals surface area contributed by atoms with Crippen LogP contribution >= 0.6 is 0 Å². The number of hydrogen-bond acceptors (Lipinski definition) is 3. The predicted molar refractivity (Wildman–Crippen MR) is 59.9 cm³/mol. The van der Waals surface area contributed by atoms with Gasteiger partial charge in [-0.15, -0.1) is 10.2 Å². The van der Waals surface area contributed by atoms with Crippen molar-refractivity contribution in [2.75, 3.05) is 13.1 Å². The van der Waals surface area contributed by atoms with E-state index in [-0.39, 0.29) is 0 Å². The molecule has 0 radical (unpaired) electrons. The molecular weight excluding hydrogens is 188 g/mol. The summed E-state index contributed by atoms with van der Waals surface area (Å²) in [6, 6.07) is 0. The Hall–Kier alpha value is -0.900. The van der Waals surface area contributed by atoms with E-state index in [0.29, 0.717) is 5.92 Å². The SMILES string of the molecule is CCNCC(C)c1nnc2n1CCCC2. The number of aromatic nitrogens is 3. The molecule has 0 bridgehead atoms. The van der Waals surface area contributed by atoms with Crippen molar-refractivity contribution in [2.45, 2.75) is 45.6 Å². The summed E-state index contributed by atoms with van der Waals surface area (Å²) >= 11 is 0. The topological polar surface area (TPSA) is 42.7 Å². The van der Waals surface area contributed by atoms with Crippen LogP contribution in [0.25, 0.3) is 0 Å². The Morgan fingerprint density at radius 2 is 2.27 bits per heavy atom. The number of nitrogens with zero attached hydrogens (tertiary/aromatic N) is 3. The normalized spacial score (nSPS) is 17.5. The molecule has 4 heteroatoms. The summed E-state index contributed by atoms with van der Waals surface area (Å²) in [6.07, 6.45) is 3.63. The quantitative estimate of drug-likeness (QED) is 0.811. The van der Waals surface area contributed by atoms with Gasteiger partial charge in [-0.3, -0.25) is 0 Å². The largest absolute Gasteiger partial charge is 0.316 e. The average molecular weight is 208 g/mol. The fourth-order valence-corrected chi connectivity index (χ4v) is 2.15. The lowest BCUT2D eigenvalue weighted by molar-refractivity contribution is 0.487. The minimum Gasteiger partial charge on any atom is -0.316 e. The molecule has 1 aliphatic rings. The summed E-state index contributed by atoms with van der Waals surface area (Å²) in [5, 5.41) is 12.0. The smallest absolute Gasteiger partial charge is 0.137 e. The first-order valence-corrected chi connectivity index (χ1v) is 5.95. The van der Waals surface area contributed by atoms with Gasteiger partial charge in [-0.1, -0.05) is 13.8 Å². The fraction of sp³-hybridized carbons (Fsp3) is 0.818. The summed E-state index contributed by atoms with van der Waals surface area (Å²) in [4.78, 5) is 0. The molecule has 1 N–H and O–H groups in total. The van der Waals surface area contributed by atoms with Crippen LogP contribution in [-0.4, -0.2) is 27.9 Å². The number of fused-ring (bicyclic) bond motifs is 1. The molecule has 15 heavy (non-hydrogen) atoms. The first kappa shape index (κ1) is 10.6. The molecule has 1 aliphatic heterocycles. The van der Waals surface area contributed by atoms with Gasteiger partial charge in [0.2, 0.25) is 0 Å². The molecule has 1 atom stereocenters. The highest BCUT2D eigenvalue weighted by atomic mass is 15.3. The Balaban J connectivity index is 2.10. The zero-order chi connectivity index (χ0) is 10.7. The number of hydrogen-bond donors (Lipinski definition) is 1. The third-order valence-corrected chi connectivity index (χ3v) is 3.03. The second-order valence-corrected chi connectivity index (χ2v) is 4.29. The molecule has 1 aromatic rings. The van der Waals surface area contributed by atoms with Gasteiger partial charge in [0.05, 0.1) is 0 Å². The molecule has 1 aromatic heterocycles. The first-order valence-electron chi connectivity index (χ1n) is 5.95. The van der Waals surface area contributed by atoms with E-state index in [1.165, 1.54) is 18.7 Å². The Morgan fingerprint density at radius 3 is 3.07 bits per heavy atom. The van der Waals surface area contributed by atoms with Gasteiger partial charge in [0, 0.05) is 25.4 Å². The molecular formula is C11H20N4. The molecule has 0 saturated carbocycles. The average Bonchev–Trinajstić information content (AvgIpc) is 2.69. The van der Waals surface area contributed by atoms with Gasteiger partial charge in [0.1, 0.15) is 11.6 Å². The van der Waals surface area contributed by atoms with Crippen molar-refractivity contribution < 1.29 is 0 Å².